The first kappa shape index (κ1) is 13.9. The van der Waals surface area contributed by atoms with Crippen LogP contribution in [0.4, 0.5) is 11.5 Å². The second kappa shape index (κ2) is 6.12. The molecule has 0 saturated heterocycles. The molecule has 110 valence electrons. The predicted molar refractivity (Wildman–Crippen MR) is 86.6 cm³/mol. The zero-order chi connectivity index (χ0) is 14.7. The minimum atomic E-state index is 0.537. The Morgan fingerprint density at radius 2 is 2.10 bits per heavy atom. The van der Waals surface area contributed by atoms with E-state index in [-0.39, 0.29) is 0 Å². The van der Waals surface area contributed by atoms with Crippen LogP contribution in [0.5, 0.6) is 0 Å². The minimum Gasteiger partial charge on any atom is -0.369 e. The first-order chi connectivity index (χ1) is 10.3. The zero-order valence-corrected chi connectivity index (χ0v) is 12.7. The van der Waals surface area contributed by atoms with Gasteiger partial charge in [0.15, 0.2) is 0 Å². The number of aryl methyl sites for hydroxylation is 1. The van der Waals surface area contributed by atoms with E-state index >= 15 is 0 Å². The lowest BCUT2D eigenvalue weighted by Crippen LogP contribution is -2.37. The molecule has 2 aromatic rings. The third-order valence-electron chi connectivity index (χ3n) is 4.06. The number of hydrogen-bond acceptors (Lipinski definition) is 4. The summed E-state index contributed by atoms with van der Waals surface area (Å²) in [7, 11) is 0. The number of anilines is 2. The molecule has 21 heavy (non-hydrogen) atoms. The lowest BCUT2D eigenvalue weighted by Gasteiger charge is -2.36. The smallest absolute Gasteiger partial charge is 0.144 e. The highest BCUT2D eigenvalue weighted by molar-refractivity contribution is 5.56. The number of benzene rings is 1. The first-order valence-corrected chi connectivity index (χ1v) is 7.67. The topological polar surface area (TPSA) is 41.1 Å². The SMILES string of the molecule is CCNc1cnc(CN2c3ccccc3CCC2C)cn1. The Kier molecular flexibility index (Phi) is 4.04. The van der Waals surface area contributed by atoms with Crippen LogP contribution in [-0.4, -0.2) is 22.6 Å². The normalized spacial score (nSPS) is 17.4. The molecule has 2 heterocycles. The van der Waals surface area contributed by atoms with Crippen molar-refractivity contribution in [2.24, 2.45) is 0 Å². The number of para-hydroxylation sites is 1. The molecule has 0 spiro atoms. The van der Waals surface area contributed by atoms with Gasteiger partial charge in [0.25, 0.3) is 0 Å². The highest BCUT2D eigenvalue weighted by Gasteiger charge is 2.22. The van der Waals surface area contributed by atoms with Crippen LogP contribution in [0.15, 0.2) is 36.7 Å². The third-order valence-corrected chi connectivity index (χ3v) is 4.06. The number of aromatic nitrogens is 2. The van der Waals surface area contributed by atoms with Gasteiger partial charge in [0.1, 0.15) is 5.82 Å². The van der Waals surface area contributed by atoms with Gasteiger partial charge in [-0.3, -0.25) is 4.98 Å². The molecule has 0 amide bonds. The summed E-state index contributed by atoms with van der Waals surface area (Å²) >= 11 is 0. The summed E-state index contributed by atoms with van der Waals surface area (Å²) in [6.07, 6.45) is 6.06. The van der Waals surface area contributed by atoms with E-state index in [9.17, 15) is 0 Å². The van der Waals surface area contributed by atoms with E-state index in [1.807, 2.05) is 12.4 Å². The van der Waals surface area contributed by atoms with Crippen molar-refractivity contribution in [1.29, 1.82) is 0 Å². The fourth-order valence-electron chi connectivity index (χ4n) is 2.88. The summed E-state index contributed by atoms with van der Waals surface area (Å²) in [6, 6.07) is 9.22. The Morgan fingerprint density at radius 1 is 1.24 bits per heavy atom. The molecule has 1 aliphatic heterocycles. The average molecular weight is 282 g/mol. The molecule has 0 aliphatic carbocycles. The molecule has 1 aromatic heterocycles. The Morgan fingerprint density at radius 3 is 2.86 bits per heavy atom. The Hall–Kier alpha value is -2.10. The van der Waals surface area contributed by atoms with Crippen LogP contribution in [0.3, 0.4) is 0 Å². The number of hydrogen-bond donors (Lipinski definition) is 1. The van der Waals surface area contributed by atoms with E-state index < -0.39 is 0 Å². The van der Waals surface area contributed by atoms with Gasteiger partial charge in [-0.15, -0.1) is 0 Å². The summed E-state index contributed by atoms with van der Waals surface area (Å²) in [6.45, 7) is 6.03. The number of fused-ring (bicyclic) bond motifs is 1. The highest BCUT2D eigenvalue weighted by Crippen LogP contribution is 2.31. The van der Waals surface area contributed by atoms with E-state index in [0.717, 1.165) is 24.6 Å². The van der Waals surface area contributed by atoms with Crippen molar-refractivity contribution in [2.45, 2.75) is 39.3 Å². The molecule has 4 heteroatoms. The maximum absolute atomic E-state index is 4.53. The summed E-state index contributed by atoms with van der Waals surface area (Å²) in [5, 5.41) is 3.18. The van der Waals surface area contributed by atoms with Gasteiger partial charge in [-0.25, -0.2) is 4.98 Å². The Bertz CT molecular complexity index is 594. The molecule has 0 radical (unpaired) electrons. The van der Waals surface area contributed by atoms with Gasteiger partial charge in [-0.1, -0.05) is 18.2 Å². The molecule has 3 rings (SSSR count). The molecule has 4 nitrogen and oxygen atoms in total. The van der Waals surface area contributed by atoms with E-state index in [1.165, 1.54) is 24.1 Å². The minimum absolute atomic E-state index is 0.537. The van der Waals surface area contributed by atoms with Crippen LogP contribution in [0.2, 0.25) is 0 Å². The molecular formula is C17H22N4. The fourth-order valence-corrected chi connectivity index (χ4v) is 2.88. The standard InChI is InChI=1S/C17H22N4/c1-3-18-17-11-19-15(10-20-17)12-21-13(2)8-9-14-6-4-5-7-16(14)21/h4-7,10-11,13H,3,8-9,12H2,1-2H3,(H,18,20). The van der Waals surface area contributed by atoms with Crippen molar-refractivity contribution in [3.63, 3.8) is 0 Å². The van der Waals surface area contributed by atoms with Gasteiger partial charge in [0.05, 0.1) is 24.6 Å². The molecule has 0 fully saturated rings. The molecule has 0 saturated carbocycles. The van der Waals surface area contributed by atoms with Gasteiger partial charge >= 0.3 is 0 Å². The fraction of sp³-hybridized carbons (Fsp3) is 0.412. The van der Waals surface area contributed by atoms with Crippen LogP contribution < -0.4 is 10.2 Å². The molecule has 1 unspecified atom stereocenters. The van der Waals surface area contributed by atoms with Gasteiger partial charge in [-0.2, -0.15) is 0 Å². The molecule has 1 aromatic carbocycles. The van der Waals surface area contributed by atoms with Crippen LogP contribution in [0.25, 0.3) is 0 Å². The summed E-state index contributed by atoms with van der Waals surface area (Å²) in [5.41, 5.74) is 3.79. The Labute approximate surface area is 126 Å². The predicted octanol–water partition coefficient (Wildman–Crippen LogP) is 3.25. The lowest BCUT2D eigenvalue weighted by atomic mass is 9.96. The molecule has 0 bridgehead atoms. The highest BCUT2D eigenvalue weighted by atomic mass is 15.2. The summed E-state index contributed by atoms with van der Waals surface area (Å²) in [5.74, 6) is 0.841. The lowest BCUT2D eigenvalue weighted by molar-refractivity contribution is 0.556. The second-order valence-corrected chi connectivity index (χ2v) is 5.57. The van der Waals surface area contributed by atoms with Gasteiger partial charge in [-0.05, 0) is 38.3 Å². The van der Waals surface area contributed by atoms with E-state index in [0.29, 0.717) is 6.04 Å². The molecule has 1 atom stereocenters. The molecular weight excluding hydrogens is 260 g/mol. The van der Waals surface area contributed by atoms with Crippen molar-refractivity contribution in [3.05, 3.63) is 47.9 Å². The zero-order valence-electron chi connectivity index (χ0n) is 12.7. The third kappa shape index (κ3) is 2.99. The molecule has 1 N–H and O–H groups in total. The number of rotatable bonds is 4. The van der Waals surface area contributed by atoms with Gasteiger partial charge in [0.2, 0.25) is 0 Å². The second-order valence-electron chi connectivity index (χ2n) is 5.57. The largest absolute Gasteiger partial charge is 0.369 e. The molecule has 1 aliphatic rings. The van der Waals surface area contributed by atoms with Crippen molar-refractivity contribution in [2.75, 3.05) is 16.8 Å². The number of nitrogens with one attached hydrogen (secondary N) is 1. The van der Waals surface area contributed by atoms with Crippen molar-refractivity contribution in [3.8, 4) is 0 Å². The average Bonchev–Trinajstić information content (AvgIpc) is 2.52. The van der Waals surface area contributed by atoms with Crippen LogP contribution in [0, 0.1) is 0 Å². The van der Waals surface area contributed by atoms with Crippen molar-refractivity contribution in [1.82, 2.24) is 9.97 Å². The van der Waals surface area contributed by atoms with Crippen LogP contribution >= 0.6 is 0 Å². The summed E-state index contributed by atoms with van der Waals surface area (Å²) < 4.78 is 0. The first-order valence-electron chi connectivity index (χ1n) is 7.67. The monoisotopic (exact) mass is 282 g/mol. The van der Waals surface area contributed by atoms with Crippen LogP contribution in [0.1, 0.15) is 31.5 Å². The van der Waals surface area contributed by atoms with E-state index in [4.69, 9.17) is 0 Å². The van der Waals surface area contributed by atoms with Gasteiger partial charge < -0.3 is 10.2 Å². The number of nitrogens with zero attached hydrogens (tertiary/aromatic N) is 3. The summed E-state index contributed by atoms with van der Waals surface area (Å²) in [4.78, 5) is 11.4. The quantitative estimate of drug-likeness (QED) is 0.934. The van der Waals surface area contributed by atoms with Gasteiger partial charge in [0, 0.05) is 18.3 Å². The Balaban J connectivity index is 1.80. The van der Waals surface area contributed by atoms with E-state index in [1.54, 1.807) is 0 Å². The van der Waals surface area contributed by atoms with E-state index in [2.05, 4.69) is 58.3 Å². The van der Waals surface area contributed by atoms with Crippen molar-refractivity contribution < 1.29 is 0 Å². The maximum Gasteiger partial charge on any atom is 0.144 e. The van der Waals surface area contributed by atoms with Crippen LogP contribution in [-0.2, 0) is 13.0 Å². The maximum atomic E-state index is 4.53. The van der Waals surface area contributed by atoms with Crippen molar-refractivity contribution >= 4 is 11.5 Å².